The Hall–Kier alpha value is -2.80. The average Bonchev–Trinajstić information content (AvgIpc) is 3.12. The molecule has 138 valence electrons. The maximum absolute atomic E-state index is 12.3. The first kappa shape index (κ1) is 17.6. The van der Waals surface area contributed by atoms with Crippen LogP contribution in [0.5, 0.6) is 11.5 Å². The Morgan fingerprint density at radius 3 is 2.74 bits per heavy atom. The van der Waals surface area contributed by atoms with E-state index in [-0.39, 0.29) is 12.3 Å². The fourth-order valence-electron chi connectivity index (χ4n) is 2.82. The van der Waals surface area contributed by atoms with E-state index in [4.69, 9.17) is 14.0 Å². The first-order valence-electron chi connectivity index (χ1n) is 8.50. The number of nitrogens with one attached hydrogen (secondary N) is 1. The predicted molar refractivity (Wildman–Crippen MR) is 104 cm³/mol. The second-order valence-electron chi connectivity index (χ2n) is 6.23. The molecule has 0 unspecified atom stereocenters. The highest BCUT2D eigenvalue weighted by Crippen LogP contribution is 2.34. The van der Waals surface area contributed by atoms with Crippen LogP contribution in [0.25, 0.3) is 11.3 Å². The summed E-state index contributed by atoms with van der Waals surface area (Å²) in [6.07, 6.45) is 0.128. The zero-order chi connectivity index (χ0) is 18.8. The van der Waals surface area contributed by atoms with Crippen LogP contribution in [0.3, 0.4) is 0 Å². The summed E-state index contributed by atoms with van der Waals surface area (Å²) in [5, 5.41) is 6.87. The third kappa shape index (κ3) is 3.98. The quantitative estimate of drug-likeness (QED) is 0.667. The molecule has 7 heteroatoms. The van der Waals surface area contributed by atoms with E-state index < -0.39 is 0 Å². The highest BCUT2D eigenvalue weighted by molar-refractivity contribution is 9.10. The lowest BCUT2D eigenvalue weighted by molar-refractivity contribution is -0.115. The second kappa shape index (κ2) is 7.44. The summed E-state index contributed by atoms with van der Waals surface area (Å²) in [4.78, 5) is 12.3. The number of hydrogen-bond donors (Lipinski definition) is 1. The molecule has 4 rings (SSSR count). The van der Waals surface area contributed by atoms with Gasteiger partial charge in [0.15, 0.2) is 17.3 Å². The van der Waals surface area contributed by atoms with Crippen molar-refractivity contribution in [2.45, 2.75) is 13.3 Å². The van der Waals surface area contributed by atoms with Crippen molar-refractivity contribution in [3.8, 4) is 22.8 Å². The van der Waals surface area contributed by atoms with Gasteiger partial charge in [0.25, 0.3) is 0 Å². The maximum atomic E-state index is 12.3. The molecule has 3 aromatic rings. The zero-order valence-corrected chi connectivity index (χ0v) is 16.2. The molecule has 2 aromatic carbocycles. The van der Waals surface area contributed by atoms with Gasteiger partial charge in [0, 0.05) is 21.8 Å². The third-order valence-electron chi connectivity index (χ3n) is 4.17. The number of benzene rings is 2. The average molecular weight is 429 g/mol. The number of carbonyl (C=O) groups is 1. The Labute approximate surface area is 164 Å². The van der Waals surface area contributed by atoms with Crippen molar-refractivity contribution >= 4 is 27.5 Å². The molecule has 0 saturated carbocycles. The van der Waals surface area contributed by atoms with E-state index in [1.54, 1.807) is 6.07 Å². The van der Waals surface area contributed by atoms with Crippen molar-refractivity contribution < 1.29 is 18.8 Å². The van der Waals surface area contributed by atoms with Gasteiger partial charge >= 0.3 is 0 Å². The SMILES string of the molecule is Cc1cc(NC(=O)Cc2cc(-c3ccc4c(c3)OCCO4)on2)ccc1Br. The zero-order valence-electron chi connectivity index (χ0n) is 14.6. The number of fused-ring (bicyclic) bond motifs is 1. The maximum Gasteiger partial charge on any atom is 0.230 e. The summed E-state index contributed by atoms with van der Waals surface area (Å²) in [5.74, 6) is 1.82. The molecular formula is C20H17BrN2O4. The van der Waals surface area contributed by atoms with Gasteiger partial charge in [-0.3, -0.25) is 4.79 Å². The van der Waals surface area contributed by atoms with Crippen molar-refractivity contribution in [2.24, 2.45) is 0 Å². The minimum Gasteiger partial charge on any atom is -0.486 e. The van der Waals surface area contributed by atoms with E-state index in [2.05, 4.69) is 26.4 Å². The summed E-state index contributed by atoms with van der Waals surface area (Å²) in [6, 6.07) is 13.0. The number of ether oxygens (including phenoxy) is 2. The minimum absolute atomic E-state index is 0.128. The summed E-state index contributed by atoms with van der Waals surface area (Å²) < 4.78 is 17.5. The van der Waals surface area contributed by atoms with Crippen LogP contribution in [0.15, 0.2) is 51.5 Å². The number of anilines is 1. The molecule has 1 aliphatic heterocycles. The van der Waals surface area contributed by atoms with E-state index in [9.17, 15) is 4.79 Å². The van der Waals surface area contributed by atoms with E-state index in [0.29, 0.717) is 36.2 Å². The molecule has 0 radical (unpaired) electrons. The number of amides is 1. The van der Waals surface area contributed by atoms with Crippen molar-refractivity contribution in [2.75, 3.05) is 18.5 Å². The number of rotatable bonds is 4. The van der Waals surface area contributed by atoms with E-state index >= 15 is 0 Å². The van der Waals surface area contributed by atoms with Gasteiger partial charge in [-0.1, -0.05) is 21.1 Å². The molecule has 1 N–H and O–H groups in total. The number of carbonyl (C=O) groups excluding carboxylic acids is 1. The Balaban J connectivity index is 1.44. The number of nitrogens with zero attached hydrogens (tertiary/aromatic N) is 1. The number of aryl methyl sites for hydroxylation is 1. The molecule has 1 aromatic heterocycles. The normalized spacial score (nSPS) is 12.7. The molecule has 0 fully saturated rings. The van der Waals surface area contributed by atoms with Crippen LogP contribution in [-0.2, 0) is 11.2 Å². The Morgan fingerprint density at radius 2 is 1.93 bits per heavy atom. The smallest absolute Gasteiger partial charge is 0.230 e. The van der Waals surface area contributed by atoms with Crippen LogP contribution in [-0.4, -0.2) is 24.3 Å². The molecule has 0 saturated heterocycles. The van der Waals surface area contributed by atoms with E-state index in [0.717, 1.165) is 21.3 Å². The first-order chi connectivity index (χ1) is 13.1. The van der Waals surface area contributed by atoms with Gasteiger partial charge in [-0.15, -0.1) is 0 Å². The number of hydrogen-bond acceptors (Lipinski definition) is 5. The van der Waals surface area contributed by atoms with Crippen LogP contribution >= 0.6 is 15.9 Å². The molecule has 0 aliphatic carbocycles. The third-order valence-corrected chi connectivity index (χ3v) is 5.06. The van der Waals surface area contributed by atoms with Crippen LogP contribution in [0.4, 0.5) is 5.69 Å². The van der Waals surface area contributed by atoms with Gasteiger partial charge in [-0.25, -0.2) is 0 Å². The number of halogens is 1. The predicted octanol–water partition coefficient (Wildman–Crippen LogP) is 4.36. The monoisotopic (exact) mass is 428 g/mol. The van der Waals surface area contributed by atoms with Crippen LogP contribution in [0.1, 0.15) is 11.3 Å². The molecular weight excluding hydrogens is 412 g/mol. The largest absolute Gasteiger partial charge is 0.486 e. The molecule has 6 nitrogen and oxygen atoms in total. The standard InChI is InChI=1S/C20H17BrN2O4/c1-12-8-14(3-4-16(12)21)22-20(24)11-15-10-18(27-23-15)13-2-5-17-19(9-13)26-7-6-25-17/h2-5,8-10H,6-7,11H2,1H3,(H,22,24). The van der Waals surface area contributed by atoms with Gasteiger partial charge in [0.1, 0.15) is 13.2 Å². The lowest BCUT2D eigenvalue weighted by Gasteiger charge is -2.18. The number of aromatic nitrogens is 1. The Bertz CT molecular complexity index is 999. The molecule has 1 aliphatic rings. The summed E-state index contributed by atoms with van der Waals surface area (Å²) >= 11 is 3.45. The molecule has 0 atom stereocenters. The van der Waals surface area contributed by atoms with Gasteiger partial charge in [-0.05, 0) is 48.9 Å². The summed E-state index contributed by atoms with van der Waals surface area (Å²) in [6.45, 7) is 3.04. The van der Waals surface area contributed by atoms with Crippen molar-refractivity contribution in [3.63, 3.8) is 0 Å². The lowest BCUT2D eigenvalue weighted by atomic mass is 10.1. The van der Waals surface area contributed by atoms with E-state index in [1.165, 1.54) is 0 Å². The van der Waals surface area contributed by atoms with Crippen LogP contribution in [0, 0.1) is 6.92 Å². The van der Waals surface area contributed by atoms with Crippen LogP contribution in [0.2, 0.25) is 0 Å². The summed E-state index contributed by atoms with van der Waals surface area (Å²) in [7, 11) is 0. The van der Waals surface area contributed by atoms with Crippen molar-refractivity contribution in [1.82, 2.24) is 5.16 Å². The Kier molecular flexibility index (Phi) is 4.85. The van der Waals surface area contributed by atoms with Gasteiger partial charge < -0.3 is 19.3 Å². The van der Waals surface area contributed by atoms with Crippen molar-refractivity contribution in [1.29, 1.82) is 0 Å². The minimum atomic E-state index is -0.154. The highest BCUT2D eigenvalue weighted by Gasteiger charge is 2.16. The molecule has 0 spiro atoms. The molecule has 27 heavy (non-hydrogen) atoms. The van der Waals surface area contributed by atoms with Gasteiger partial charge in [0.05, 0.1) is 12.1 Å². The first-order valence-corrected chi connectivity index (χ1v) is 9.29. The van der Waals surface area contributed by atoms with Crippen LogP contribution < -0.4 is 14.8 Å². The second-order valence-corrected chi connectivity index (χ2v) is 7.08. The topological polar surface area (TPSA) is 73.6 Å². The summed E-state index contributed by atoms with van der Waals surface area (Å²) in [5.41, 5.74) is 3.18. The van der Waals surface area contributed by atoms with E-state index in [1.807, 2.05) is 43.3 Å². The lowest BCUT2D eigenvalue weighted by Crippen LogP contribution is -2.15. The fraction of sp³-hybridized carbons (Fsp3) is 0.200. The molecule has 2 heterocycles. The fourth-order valence-corrected chi connectivity index (χ4v) is 3.07. The molecule has 0 bridgehead atoms. The highest BCUT2D eigenvalue weighted by atomic mass is 79.9. The van der Waals surface area contributed by atoms with Gasteiger partial charge in [0.2, 0.25) is 5.91 Å². The molecule has 1 amide bonds. The van der Waals surface area contributed by atoms with Gasteiger partial charge in [-0.2, -0.15) is 0 Å². The Morgan fingerprint density at radius 1 is 1.11 bits per heavy atom. The van der Waals surface area contributed by atoms with Crippen molar-refractivity contribution in [3.05, 3.63) is 58.2 Å².